The third kappa shape index (κ3) is 9.51. The molecule has 6 rings (SSSR count). The first kappa shape index (κ1) is 34.2. The van der Waals surface area contributed by atoms with Crippen molar-refractivity contribution >= 4 is 64.5 Å². The fraction of sp³-hybridized carbons (Fsp3) is 0. The molecule has 6 aromatic rings. The summed E-state index contributed by atoms with van der Waals surface area (Å²) < 4.78 is 0. The van der Waals surface area contributed by atoms with Crippen LogP contribution in [0.15, 0.2) is 182 Å². The van der Waals surface area contributed by atoms with E-state index in [2.05, 4.69) is 182 Å². The maximum atomic E-state index is 2.23. The van der Waals surface area contributed by atoms with Crippen LogP contribution < -0.4 is 31.8 Å². The standard InChI is InChI=1S/2C18H15P.2BH4.Pd/c2*1-4-10-16(11-5-1)19(17-12-6-2-7-13-17)18-14-8-3-9-15-18;;;/h2*1-15H;2*1H4;/q;;2*-1;+2. The number of hydrogen-bond donors (Lipinski definition) is 0. The van der Waals surface area contributed by atoms with Crippen LogP contribution in [-0.4, -0.2) is 16.8 Å². The molecule has 41 heavy (non-hydrogen) atoms. The Kier molecular flexibility index (Phi) is 15.3. The summed E-state index contributed by atoms with van der Waals surface area (Å²) in [6.07, 6.45) is 0. The van der Waals surface area contributed by atoms with E-state index in [-0.39, 0.29) is 37.2 Å². The van der Waals surface area contributed by atoms with E-state index >= 15 is 0 Å². The molecule has 0 nitrogen and oxygen atoms in total. The summed E-state index contributed by atoms with van der Waals surface area (Å²) in [6.45, 7) is 0. The van der Waals surface area contributed by atoms with Gasteiger partial charge in [-0.15, -0.1) is 0 Å². The van der Waals surface area contributed by atoms with Crippen molar-refractivity contribution in [1.82, 2.24) is 0 Å². The minimum absolute atomic E-state index is 0. The van der Waals surface area contributed by atoms with E-state index in [1.807, 2.05) is 0 Å². The molecule has 0 saturated heterocycles. The molecule has 0 fully saturated rings. The largest absolute Gasteiger partial charge is 2.00 e. The Morgan fingerprint density at radius 1 is 0.220 bits per heavy atom. The van der Waals surface area contributed by atoms with Gasteiger partial charge in [0.05, 0.1) is 0 Å². The van der Waals surface area contributed by atoms with E-state index in [4.69, 9.17) is 0 Å². The van der Waals surface area contributed by atoms with Gasteiger partial charge in [-0.3, -0.25) is 0 Å². The van der Waals surface area contributed by atoms with Gasteiger partial charge in [0, 0.05) is 0 Å². The molecule has 0 atom stereocenters. The van der Waals surface area contributed by atoms with Crippen LogP contribution in [0.4, 0.5) is 0 Å². The van der Waals surface area contributed by atoms with Gasteiger partial charge in [-0.2, -0.15) is 0 Å². The zero-order valence-electron chi connectivity index (χ0n) is 21.5. The van der Waals surface area contributed by atoms with Crippen molar-refractivity contribution in [3.63, 3.8) is 0 Å². The van der Waals surface area contributed by atoms with Gasteiger partial charge in [-0.1, -0.05) is 199 Å². The zero-order valence-corrected chi connectivity index (χ0v) is 24.9. The van der Waals surface area contributed by atoms with Crippen molar-refractivity contribution in [3.05, 3.63) is 182 Å². The van der Waals surface area contributed by atoms with Gasteiger partial charge in [0.15, 0.2) is 0 Å². The van der Waals surface area contributed by atoms with Crippen molar-refractivity contribution in [3.8, 4) is 0 Å². The average Bonchev–Trinajstić information content (AvgIpc) is 3.01. The van der Waals surface area contributed by atoms with Gasteiger partial charge < -0.3 is 0 Å². The summed E-state index contributed by atoms with van der Waals surface area (Å²) in [5, 5.41) is 8.39. The van der Waals surface area contributed by atoms with Crippen molar-refractivity contribution in [2.75, 3.05) is 0 Å². The van der Waals surface area contributed by atoms with Gasteiger partial charge in [-0.05, 0) is 47.7 Å². The molecule has 0 unspecified atom stereocenters. The fourth-order valence-corrected chi connectivity index (χ4v) is 8.97. The molecule has 0 spiro atoms. The Balaban J connectivity index is 0.000000267. The van der Waals surface area contributed by atoms with E-state index in [1.165, 1.54) is 31.8 Å². The molecule has 0 saturated carbocycles. The second-order valence-corrected chi connectivity index (χ2v) is 13.1. The molecule has 0 aliphatic carbocycles. The Hall–Kier alpha value is -3.03. The predicted octanol–water partition coefficient (Wildman–Crippen LogP) is 3.98. The molecular formula is C36H38B2P2Pd. The minimum Gasteiger partial charge on any atom is -0.0626 e. The van der Waals surface area contributed by atoms with Crippen LogP contribution in [0.1, 0.15) is 0 Å². The van der Waals surface area contributed by atoms with Crippen LogP contribution in [-0.2, 0) is 20.4 Å². The molecule has 0 aliphatic heterocycles. The molecule has 0 heterocycles. The molecule has 5 heteroatoms. The van der Waals surface area contributed by atoms with E-state index < -0.39 is 15.8 Å². The first-order chi connectivity index (χ1) is 18.9. The van der Waals surface area contributed by atoms with E-state index in [1.54, 1.807) is 0 Å². The zero-order chi connectivity index (χ0) is 25.8. The van der Waals surface area contributed by atoms with Gasteiger partial charge in [0.2, 0.25) is 0 Å². The number of benzene rings is 6. The third-order valence-corrected chi connectivity index (χ3v) is 11.0. The van der Waals surface area contributed by atoms with E-state index in [9.17, 15) is 0 Å². The van der Waals surface area contributed by atoms with Crippen LogP contribution in [0.5, 0.6) is 0 Å². The van der Waals surface area contributed by atoms with Crippen molar-refractivity contribution in [1.29, 1.82) is 0 Å². The summed E-state index contributed by atoms with van der Waals surface area (Å²) >= 11 is 0. The second kappa shape index (κ2) is 18.4. The summed E-state index contributed by atoms with van der Waals surface area (Å²) in [5.74, 6) is 0. The smallest absolute Gasteiger partial charge is 0.0626 e. The van der Waals surface area contributed by atoms with Crippen molar-refractivity contribution in [2.24, 2.45) is 0 Å². The predicted molar refractivity (Wildman–Crippen MR) is 193 cm³/mol. The maximum absolute atomic E-state index is 2.23. The molecule has 0 amide bonds. The van der Waals surface area contributed by atoms with Crippen molar-refractivity contribution < 1.29 is 20.4 Å². The molecule has 0 aromatic heterocycles. The SMILES string of the molecule is [BH4-].[BH4-].[Pd+2].c1ccc(P(c2ccccc2)c2ccccc2)cc1.c1ccc(P(c2ccccc2)c2ccccc2)cc1. The fourth-order valence-electron chi connectivity index (χ4n) is 4.36. The van der Waals surface area contributed by atoms with Crippen LogP contribution in [0.2, 0.25) is 0 Å². The molecular weight excluding hydrogens is 622 g/mol. The third-order valence-electron chi connectivity index (χ3n) is 6.09. The quantitative estimate of drug-likeness (QED) is 0.188. The van der Waals surface area contributed by atoms with Crippen LogP contribution in [0.25, 0.3) is 0 Å². The molecule has 0 aliphatic rings. The maximum Gasteiger partial charge on any atom is 2.00 e. The van der Waals surface area contributed by atoms with Gasteiger partial charge >= 0.3 is 20.4 Å². The van der Waals surface area contributed by atoms with Crippen LogP contribution in [0.3, 0.4) is 0 Å². The molecule has 0 N–H and O–H groups in total. The van der Waals surface area contributed by atoms with Gasteiger partial charge in [0.1, 0.15) is 0 Å². The summed E-state index contributed by atoms with van der Waals surface area (Å²) in [6, 6.07) is 64.7. The van der Waals surface area contributed by atoms with E-state index in [0.29, 0.717) is 0 Å². The Morgan fingerprint density at radius 2 is 0.341 bits per heavy atom. The summed E-state index contributed by atoms with van der Waals surface area (Å²) in [7, 11) is -0.892. The Labute approximate surface area is 265 Å². The Bertz CT molecular complexity index is 1180. The first-order valence-electron chi connectivity index (χ1n) is 12.8. The van der Waals surface area contributed by atoms with Gasteiger partial charge in [-0.25, -0.2) is 0 Å². The molecule has 6 aromatic carbocycles. The van der Waals surface area contributed by atoms with Crippen LogP contribution >= 0.6 is 15.8 Å². The number of hydrogen-bond acceptors (Lipinski definition) is 0. The summed E-state index contributed by atoms with van der Waals surface area (Å²) in [5.41, 5.74) is 0. The Morgan fingerprint density at radius 3 is 0.463 bits per heavy atom. The monoisotopic (exact) mass is 660 g/mol. The molecule has 208 valence electrons. The number of rotatable bonds is 6. The first-order valence-corrected chi connectivity index (χ1v) is 15.5. The van der Waals surface area contributed by atoms with Gasteiger partial charge in [0.25, 0.3) is 0 Å². The van der Waals surface area contributed by atoms with Crippen LogP contribution in [0, 0.1) is 0 Å². The average molecular weight is 661 g/mol. The molecule has 0 bridgehead atoms. The minimum atomic E-state index is -0.446. The van der Waals surface area contributed by atoms with Crippen molar-refractivity contribution in [2.45, 2.75) is 0 Å². The normalized spacial score (nSPS) is 9.80. The summed E-state index contributed by atoms with van der Waals surface area (Å²) in [4.78, 5) is 0. The topological polar surface area (TPSA) is 0 Å². The molecule has 0 radical (unpaired) electrons. The van der Waals surface area contributed by atoms with E-state index in [0.717, 1.165) is 0 Å². The second-order valence-electron chi connectivity index (χ2n) is 8.68.